The second-order valence-electron chi connectivity index (χ2n) is 2.09. The maximum atomic E-state index is 10.7. The fourth-order valence-corrected chi connectivity index (χ4v) is 1.02. The molecule has 0 saturated heterocycles. The van der Waals surface area contributed by atoms with E-state index in [1.54, 1.807) is 12.1 Å². The van der Waals surface area contributed by atoms with E-state index in [1.807, 2.05) is 12.1 Å². The van der Waals surface area contributed by atoms with Crippen molar-refractivity contribution < 1.29 is 9.53 Å². The number of hydrogen-bond acceptors (Lipinski definition) is 2. The van der Waals surface area contributed by atoms with Crippen molar-refractivity contribution in [2.45, 2.75) is 0 Å². The van der Waals surface area contributed by atoms with Gasteiger partial charge < -0.3 is 10.1 Å². The van der Waals surface area contributed by atoms with Crippen molar-refractivity contribution in [1.29, 1.82) is 0 Å². The molecule has 0 radical (unpaired) electrons. The van der Waals surface area contributed by atoms with Crippen molar-refractivity contribution in [3.05, 3.63) is 27.8 Å². The van der Waals surface area contributed by atoms with E-state index in [-0.39, 0.29) is 0 Å². The highest BCUT2D eigenvalue weighted by Crippen LogP contribution is 2.13. The molecule has 0 aromatic heterocycles. The number of amides is 1. The fourth-order valence-electron chi connectivity index (χ4n) is 0.661. The van der Waals surface area contributed by atoms with Crippen molar-refractivity contribution in [1.82, 2.24) is 5.32 Å². The minimum Gasteiger partial charge on any atom is -0.410 e. The lowest BCUT2D eigenvalue weighted by atomic mass is 10.3. The van der Waals surface area contributed by atoms with Crippen LogP contribution in [0, 0.1) is 3.57 Å². The van der Waals surface area contributed by atoms with Gasteiger partial charge >= 0.3 is 6.09 Å². The normalized spacial score (nSPS) is 9.17. The van der Waals surface area contributed by atoms with E-state index < -0.39 is 6.09 Å². The summed E-state index contributed by atoms with van der Waals surface area (Å²) >= 11 is 2.18. The highest BCUT2D eigenvalue weighted by atomic mass is 127. The maximum absolute atomic E-state index is 10.7. The highest BCUT2D eigenvalue weighted by molar-refractivity contribution is 14.1. The van der Waals surface area contributed by atoms with Gasteiger partial charge in [0.15, 0.2) is 0 Å². The molecule has 0 atom stereocenters. The second-order valence-corrected chi connectivity index (χ2v) is 3.34. The Bertz CT molecular complexity index is 271. The summed E-state index contributed by atoms with van der Waals surface area (Å²) in [6.07, 6.45) is -0.448. The second kappa shape index (κ2) is 4.30. The molecule has 0 aliphatic carbocycles. The Morgan fingerprint density at radius 3 is 2.50 bits per heavy atom. The van der Waals surface area contributed by atoms with Gasteiger partial charge in [-0.3, -0.25) is 0 Å². The quantitative estimate of drug-likeness (QED) is 0.797. The molecule has 1 N–H and O–H groups in total. The van der Waals surface area contributed by atoms with E-state index >= 15 is 0 Å². The average molecular weight is 277 g/mol. The minimum absolute atomic E-state index is 0.448. The topological polar surface area (TPSA) is 38.3 Å². The van der Waals surface area contributed by atoms with Crippen LogP contribution in [0.25, 0.3) is 0 Å². The molecule has 0 heterocycles. The van der Waals surface area contributed by atoms with Gasteiger partial charge in [-0.2, -0.15) is 0 Å². The van der Waals surface area contributed by atoms with Crippen LogP contribution in [-0.2, 0) is 0 Å². The third-order valence-electron chi connectivity index (χ3n) is 1.23. The Morgan fingerprint density at radius 1 is 1.42 bits per heavy atom. The summed E-state index contributed by atoms with van der Waals surface area (Å²) in [5.74, 6) is 0.551. The van der Waals surface area contributed by atoms with Gasteiger partial charge in [0.2, 0.25) is 0 Å². The first kappa shape index (κ1) is 9.31. The van der Waals surface area contributed by atoms with Gasteiger partial charge in [-0.25, -0.2) is 4.79 Å². The number of hydrogen-bond donors (Lipinski definition) is 1. The summed E-state index contributed by atoms with van der Waals surface area (Å²) in [4.78, 5) is 10.7. The molecule has 3 nitrogen and oxygen atoms in total. The van der Waals surface area contributed by atoms with E-state index in [1.165, 1.54) is 7.05 Å². The molecular formula is C8H8INO2. The Balaban J connectivity index is 2.64. The number of halogens is 1. The van der Waals surface area contributed by atoms with Crippen molar-refractivity contribution in [3.8, 4) is 5.75 Å². The first-order valence-electron chi connectivity index (χ1n) is 3.37. The van der Waals surface area contributed by atoms with Crippen LogP contribution in [0.4, 0.5) is 4.79 Å². The fraction of sp³-hybridized carbons (Fsp3) is 0.125. The van der Waals surface area contributed by atoms with Crippen LogP contribution in [0.15, 0.2) is 24.3 Å². The summed E-state index contributed by atoms with van der Waals surface area (Å²) in [5.41, 5.74) is 0. The lowest BCUT2D eigenvalue weighted by Crippen LogP contribution is -2.21. The molecular weight excluding hydrogens is 269 g/mol. The van der Waals surface area contributed by atoms with E-state index in [9.17, 15) is 4.79 Å². The number of benzene rings is 1. The Hall–Kier alpha value is -0.780. The number of carbonyl (C=O) groups excluding carboxylic acids is 1. The zero-order chi connectivity index (χ0) is 8.97. The van der Waals surface area contributed by atoms with Gasteiger partial charge in [0.25, 0.3) is 0 Å². The summed E-state index contributed by atoms with van der Waals surface area (Å²) in [7, 11) is 1.52. The largest absolute Gasteiger partial charge is 0.412 e. The van der Waals surface area contributed by atoms with E-state index in [0.717, 1.165) is 3.57 Å². The summed E-state index contributed by atoms with van der Waals surface area (Å²) in [6, 6.07) is 7.24. The zero-order valence-corrected chi connectivity index (χ0v) is 8.66. The van der Waals surface area contributed by atoms with E-state index in [4.69, 9.17) is 4.74 Å². The molecule has 1 aromatic rings. The molecule has 0 bridgehead atoms. The highest BCUT2D eigenvalue weighted by Gasteiger charge is 1.99. The Labute approximate surface area is 84.2 Å². The number of carbonyl (C=O) groups is 1. The molecule has 0 unspecified atom stereocenters. The van der Waals surface area contributed by atoms with E-state index in [2.05, 4.69) is 27.9 Å². The van der Waals surface area contributed by atoms with Gasteiger partial charge in [-0.05, 0) is 46.9 Å². The van der Waals surface area contributed by atoms with Crippen LogP contribution in [0.2, 0.25) is 0 Å². The lowest BCUT2D eigenvalue weighted by molar-refractivity contribution is 0.203. The minimum atomic E-state index is -0.448. The van der Waals surface area contributed by atoms with Gasteiger partial charge in [-0.15, -0.1) is 0 Å². The summed E-state index contributed by atoms with van der Waals surface area (Å²) in [6.45, 7) is 0. The molecule has 64 valence electrons. The predicted octanol–water partition coefficient (Wildman–Crippen LogP) is 2.01. The molecule has 0 fully saturated rings. The van der Waals surface area contributed by atoms with Crippen LogP contribution in [0.5, 0.6) is 5.75 Å². The standard InChI is InChI=1S/C8H8INO2/c1-10-8(11)12-7-4-2-6(9)3-5-7/h2-5H,1H3,(H,10,11). The van der Waals surface area contributed by atoms with Gasteiger partial charge in [0.1, 0.15) is 5.75 Å². The van der Waals surface area contributed by atoms with Crippen molar-refractivity contribution in [3.63, 3.8) is 0 Å². The molecule has 1 amide bonds. The van der Waals surface area contributed by atoms with Gasteiger partial charge in [-0.1, -0.05) is 0 Å². The first-order valence-corrected chi connectivity index (χ1v) is 4.45. The third kappa shape index (κ3) is 2.69. The first-order chi connectivity index (χ1) is 5.72. The van der Waals surface area contributed by atoms with Crippen LogP contribution in [0.1, 0.15) is 0 Å². The Kier molecular flexibility index (Phi) is 3.33. The molecule has 1 aromatic carbocycles. The molecule has 0 saturated carbocycles. The van der Waals surface area contributed by atoms with Gasteiger partial charge in [0.05, 0.1) is 0 Å². The maximum Gasteiger partial charge on any atom is 0.412 e. The lowest BCUT2D eigenvalue weighted by Gasteiger charge is -2.01. The van der Waals surface area contributed by atoms with Crippen LogP contribution < -0.4 is 10.1 Å². The number of ether oxygens (including phenoxy) is 1. The number of rotatable bonds is 1. The van der Waals surface area contributed by atoms with Crippen LogP contribution in [-0.4, -0.2) is 13.1 Å². The van der Waals surface area contributed by atoms with Crippen molar-refractivity contribution in [2.24, 2.45) is 0 Å². The Morgan fingerprint density at radius 2 is 2.00 bits per heavy atom. The predicted molar refractivity (Wildman–Crippen MR) is 54.2 cm³/mol. The molecule has 4 heteroatoms. The summed E-state index contributed by atoms with van der Waals surface area (Å²) in [5, 5.41) is 2.37. The molecule has 12 heavy (non-hydrogen) atoms. The molecule has 0 aliphatic rings. The monoisotopic (exact) mass is 277 g/mol. The van der Waals surface area contributed by atoms with Crippen LogP contribution in [0.3, 0.4) is 0 Å². The van der Waals surface area contributed by atoms with Crippen molar-refractivity contribution in [2.75, 3.05) is 7.05 Å². The van der Waals surface area contributed by atoms with Crippen LogP contribution >= 0.6 is 22.6 Å². The molecule has 0 aliphatic heterocycles. The molecule has 0 spiro atoms. The zero-order valence-electron chi connectivity index (χ0n) is 6.50. The average Bonchev–Trinajstić information content (AvgIpc) is 2.09. The third-order valence-corrected chi connectivity index (χ3v) is 1.95. The molecule has 1 rings (SSSR count). The van der Waals surface area contributed by atoms with Gasteiger partial charge in [0, 0.05) is 10.6 Å². The SMILES string of the molecule is CNC(=O)Oc1ccc(I)cc1. The smallest absolute Gasteiger partial charge is 0.410 e. The van der Waals surface area contributed by atoms with E-state index in [0.29, 0.717) is 5.75 Å². The van der Waals surface area contributed by atoms with Crippen molar-refractivity contribution >= 4 is 28.7 Å². The summed E-state index contributed by atoms with van der Waals surface area (Å²) < 4.78 is 5.97. The number of nitrogens with one attached hydrogen (secondary N) is 1.